The van der Waals surface area contributed by atoms with Gasteiger partial charge in [0, 0.05) is 22.5 Å². The highest BCUT2D eigenvalue weighted by atomic mass is 35.5. The smallest absolute Gasteiger partial charge is 0.336 e. The van der Waals surface area contributed by atoms with Crippen LogP contribution in [0.25, 0.3) is 22.1 Å². The van der Waals surface area contributed by atoms with Crippen LogP contribution in [0.3, 0.4) is 0 Å². The number of hydrogen-bond donors (Lipinski definition) is 0. The molecule has 0 radical (unpaired) electrons. The van der Waals surface area contributed by atoms with Crippen LogP contribution in [0.15, 0.2) is 82.0 Å². The lowest BCUT2D eigenvalue weighted by Crippen LogP contribution is -2.02. The number of benzene rings is 3. The average Bonchev–Trinajstić information content (AvgIpc) is 2.80. The molecule has 3 nitrogen and oxygen atoms in total. The van der Waals surface area contributed by atoms with Gasteiger partial charge < -0.3 is 9.15 Å². The average molecular weight is 447 g/mol. The highest BCUT2D eigenvalue weighted by Gasteiger charge is 2.14. The van der Waals surface area contributed by atoms with Gasteiger partial charge in [0.25, 0.3) is 0 Å². The van der Waals surface area contributed by atoms with Crippen molar-refractivity contribution in [3.05, 3.63) is 99.4 Å². The van der Waals surface area contributed by atoms with Crippen molar-refractivity contribution in [1.82, 2.24) is 0 Å². The zero-order chi connectivity index (χ0) is 22.3. The Labute approximate surface area is 193 Å². The van der Waals surface area contributed by atoms with E-state index in [0.717, 1.165) is 46.2 Å². The Balaban J connectivity index is 1.74. The van der Waals surface area contributed by atoms with E-state index < -0.39 is 0 Å². The molecule has 0 atom stereocenters. The van der Waals surface area contributed by atoms with Crippen molar-refractivity contribution in [2.45, 2.75) is 45.6 Å². The SMILES string of the molecule is CCCCCCc1cc2c(-c3ccccc3)cc(=O)oc2cc1OCc1cccc(Cl)c1. The molecule has 1 aromatic heterocycles. The van der Waals surface area contributed by atoms with Crippen LogP contribution in [0.5, 0.6) is 5.75 Å². The third-order valence-corrected chi connectivity index (χ3v) is 5.83. The highest BCUT2D eigenvalue weighted by Crippen LogP contribution is 2.33. The number of unbranched alkanes of at least 4 members (excludes halogenated alkanes) is 3. The van der Waals surface area contributed by atoms with E-state index in [1.165, 1.54) is 19.3 Å². The van der Waals surface area contributed by atoms with Gasteiger partial charge in [0.05, 0.1) is 0 Å². The standard InChI is InChI=1S/C28H27ClO3/c1-2-3-4-6-13-22-16-25-24(21-11-7-5-8-12-21)17-28(30)32-27(25)18-26(22)31-19-20-10-9-14-23(29)15-20/h5,7-12,14-18H,2-4,6,13,19H2,1H3. The quantitative estimate of drug-likeness (QED) is 0.194. The van der Waals surface area contributed by atoms with Crippen molar-refractivity contribution >= 4 is 22.6 Å². The highest BCUT2D eigenvalue weighted by molar-refractivity contribution is 6.30. The fourth-order valence-corrected chi connectivity index (χ4v) is 4.16. The molecule has 0 spiro atoms. The Morgan fingerprint density at radius 1 is 0.906 bits per heavy atom. The summed E-state index contributed by atoms with van der Waals surface area (Å²) in [5.41, 5.74) is 4.17. The molecule has 0 saturated carbocycles. The largest absolute Gasteiger partial charge is 0.488 e. The molecule has 1 heterocycles. The molecule has 32 heavy (non-hydrogen) atoms. The van der Waals surface area contributed by atoms with Crippen molar-refractivity contribution in [3.63, 3.8) is 0 Å². The van der Waals surface area contributed by atoms with E-state index in [-0.39, 0.29) is 5.63 Å². The van der Waals surface area contributed by atoms with Gasteiger partial charge in [-0.3, -0.25) is 0 Å². The molecule has 0 aliphatic carbocycles. The first-order chi connectivity index (χ1) is 15.6. The number of halogens is 1. The van der Waals surface area contributed by atoms with Gasteiger partial charge in [-0.25, -0.2) is 4.79 Å². The second-order valence-electron chi connectivity index (χ2n) is 8.03. The Kier molecular flexibility index (Phi) is 7.28. The summed E-state index contributed by atoms with van der Waals surface area (Å²) in [7, 11) is 0. The van der Waals surface area contributed by atoms with E-state index in [2.05, 4.69) is 13.0 Å². The fraction of sp³-hybridized carbons (Fsp3) is 0.250. The van der Waals surface area contributed by atoms with Crippen LogP contribution >= 0.6 is 11.6 Å². The van der Waals surface area contributed by atoms with E-state index in [0.29, 0.717) is 17.2 Å². The second-order valence-corrected chi connectivity index (χ2v) is 8.47. The Morgan fingerprint density at radius 3 is 2.53 bits per heavy atom. The molecule has 164 valence electrons. The molecule has 3 aromatic carbocycles. The van der Waals surface area contributed by atoms with Gasteiger partial charge in [-0.05, 0) is 53.3 Å². The van der Waals surface area contributed by atoms with Crippen LogP contribution in [-0.2, 0) is 13.0 Å². The molecule has 0 bridgehead atoms. The summed E-state index contributed by atoms with van der Waals surface area (Å²) in [6.07, 6.45) is 5.59. The molecule has 0 unspecified atom stereocenters. The molecular formula is C28H27ClO3. The number of aryl methyl sites for hydroxylation is 1. The third-order valence-electron chi connectivity index (χ3n) is 5.59. The minimum Gasteiger partial charge on any atom is -0.488 e. The number of hydrogen-bond acceptors (Lipinski definition) is 3. The summed E-state index contributed by atoms with van der Waals surface area (Å²) in [6.45, 7) is 2.61. The van der Waals surface area contributed by atoms with E-state index in [9.17, 15) is 4.79 Å². The first-order valence-corrected chi connectivity index (χ1v) is 11.6. The second kappa shape index (κ2) is 10.5. The minimum absolute atomic E-state index is 0.368. The monoisotopic (exact) mass is 446 g/mol. The molecule has 4 heteroatoms. The Morgan fingerprint density at radius 2 is 1.75 bits per heavy atom. The molecule has 0 N–H and O–H groups in total. The zero-order valence-corrected chi connectivity index (χ0v) is 19.0. The third kappa shape index (κ3) is 5.41. The van der Waals surface area contributed by atoms with E-state index in [1.807, 2.05) is 60.7 Å². The normalized spacial score (nSPS) is 11.1. The predicted octanol–water partition coefficient (Wildman–Crippen LogP) is 7.82. The van der Waals surface area contributed by atoms with Crippen LogP contribution in [0.4, 0.5) is 0 Å². The van der Waals surface area contributed by atoms with E-state index in [1.54, 1.807) is 6.07 Å². The molecule has 0 amide bonds. The molecule has 4 rings (SSSR count). The molecule has 4 aromatic rings. The number of ether oxygens (including phenoxy) is 1. The van der Waals surface area contributed by atoms with Crippen LogP contribution < -0.4 is 10.4 Å². The van der Waals surface area contributed by atoms with E-state index >= 15 is 0 Å². The Hall–Kier alpha value is -3.04. The van der Waals surface area contributed by atoms with Gasteiger partial charge in [0.2, 0.25) is 0 Å². The lowest BCUT2D eigenvalue weighted by molar-refractivity contribution is 0.302. The van der Waals surface area contributed by atoms with Crippen LogP contribution in [-0.4, -0.2) is 0 Å². The molecule has 0 aliphatic rings. The summed E-state index contributed by atoms with van der Waals surface area (Å²) >= 11 is 6.12. The molecule has 0 aliphatic heterocycles. The summed E-state index contributed by atoms with van der Waals surface area (Å²) < 4.78 is 11.8. The van der Waals surface area contributed by atoms with Gasteiger partial charge in [-0.15, -0.1) is 0 Å². The van der Waals surface area contributed by atoms with Gasteiger partial charge in [0.1, 0.15) is 17.9 Å². The molecule has 0 saturated heterocycles. The molecule has 0 fully saturated rings. The van der Waals surface area contributed by atoms with Crippen molar-refractivity contribution in [2.24, 2.45) is 0 Å². The number of fused-ring (bicyclic) bond motifs is 1. The maximum Gasteiger partial charge on any atom is 0.336 e. The summed E-state index contributed by atoms with van der Waals surface area (Å²) in [5.74, 6) is 0.752. The van der Waals surface area contributed by atoms with Crippen molar-refractivity contribution in [1.29, 1.82) is 0 Å². The maximum absolute atomic E-state index is 12.3. The topological polar surface area (TPSA) is 39.4 Å². The van der Waals surface area contributed by atoms with Gasteiger partial charge in [0.15, 0.2) is 0 Å². The van der Waals surface area contributed by atoms with Crippen LogP contribution in [0.2, 0.25) is 5.02 Å². The lowest BCUT2D eigenvalue weighted by Gasteiger charge is -2.15. The van der Waals surface area contributed by atoms with Crippen LogP contribution in [0, 0.1) is 0 Å². The molecular weight excluding hydrogens is 420 g/mol. The zero-order valence-electron chi connectivity index (χ0n) is 18.3. The first kappa shape index (κ1) is 22.2. The summed E-state index contributed by atoms with van der Waals surface area (Å²) in [4.78, 5) is 12.3. The van der Waals surface area contributed by atoms with Crippen molar-refractivity contribution < 1.29 is 9.15 Å². The number of rotatable bonds is 9. The van der Waals surface area contributed by atoms with Crippen molar-refractivity contribution in [2.75, 3.05) is 0 Å². The van der Waals surface area contributed by atoms with Crippen molar-refractivity contribution in [3.8, 4) is 16.9 Å². The lowest BCUT2D eigenvalue weighted by atomic mass is 9.98. The summed E-state index contributed by atoms with van der Waals surface area (Å²) in [5, 5.41) is 1.61. The van der Waals surface area contributed by atoms with Gasteiger partial charge in [-0.2, -0.15) is 0 Å². The predicted molar refractivity (Wildman–Crippen MR) is 132 cm³/mol. The Bertz CT molecular complexity index is 1240. The fourth-order valence-electron chi connectivity index (χ4n) is 3.95. The summed E-state index contributed by atoms with van der Waals surface area (Å²) in [6, 6.07) is 23.2. The van der Waals surface area contributed by atoms with Crippen LogP contribution in [0.1, 0.15) is 43.7 Å². The first-order valence-electron chi connectivity index (χ1n) is 11.2. The van der Waals surface area contributed by atoms with Gasteiger partial charge in [-0.1, -0.05) is 80.3 Å². The minimum atomic E-state index is -0.368. The maximum atomic E-state index is 12.3. The van der Waals surface area contributed by atoms with E-state index in [4.69, 9.17) is 20.8 Å². The van der Waals surface area contributed by atoms with Gasteiger partial charge >= 0.3 is 5.63 Å².